The predicted octanol–water partition coefficient (Wildman–Crippen LogP) is -0.400. The van der Waals surface area contributed by atoms with Gasteiger partial charge in [-0.15, -0.1) is 5.11 Å². The number of aromatic nitrogens is 6. The van der Waals surface area contributed by atoms with Crippen LogP contribution in [0.25, 0.3) is 11.2 Å². The van der Waals surface area contributed by atoms with Gasteiger partial charge in [0.25, 0.3) is 0 Å². The molecule has 2 saturated heterocycles. The minimum Gasteiger partial charge on any atom is -0.388 e. The Labute approximate surface area is 252 Å². The molecule has 12 atom stereocenters. The van der Waals surface area contributed by atoms with Crippen molar-refractivity contribution in [2.45, 2.75) is 55.3 Å². The number of imidazole rings is 1. The van der Waals surface area contributed by atoms with Crippen molar-refractivity contribution in [3.8, 4) is 0 Å². The summed E-state index contributed by atoms with van der Waals surface area (Å²) in [4.78, 5) is 34.0. The summed E-state index contributed by atoms with van der Waals surface area (Å²) in [5.41, 5.74) is 11.9. The van der Waals surface area contributed by atoms with Crippen LogP contribution in [0.15, 0.2) is 29.1 Å². The predicted molar refractivity (Wildman–Crippen MR) is 145 cm³/mol. The number of phosphoric ester groups is 2. The largest absolute Gasteiger partial charge is 0.472 e. The van der Waals surface area contributed by atoms with Crippen molar-refractivity contribution < 1.29 is 52.0 Å². The van der Waals surface area contributed by atoms with Crippen molar-refractivity contribution >= 4 is 38.4 Å². The van der Waals surface area contributed by atoms with Crippen LogP contribution in [0.4, 0.5) is 11.6 Å². The van der Waals surface area contributed by atoms with Gasteiger partial charge in [-0.1, -0.05) is 0 Å². The van der Waals surface area contributed by atoms with E-state index in [0.717, 1.165) is 0 Å². The number of fused-ring (bicyclic) bond motifs is 4. The highest BCUT2D eigenvalue weighted by atomic mass is 31.2. The number of aliphatic hydroxyl groups is 2. The minimum absolute atomic E-state index is 0.115. The fraction of sp³-hybridized carbons (Fsp3) is 0.636. The van der Waals surface area contributed by atoms with E-state index in [2.05, 4.69) is 30.3 Å². The molecule has 2 bridgehead atoms. The summed E-state index contributed by atoms with van der Waals surface area (Å²) in [7, 11) is -9.94. The number of aliphatic hydroxyl groups excluding tert-OH is 2. The average molecular weight is 670 g/mol. The normalized spacial score (nSPS) is 44.4. The second-order valence-electron chi connectivity index (χ2n) is 11.7. The zero-order valence-electron chi connectivity index (χ0n) is 23.0. The van der Waals surface area contributed by atoms with E-state index in [4.69, 9.17) is 34.3 Å². The maximum atomic E-state index is 13.4. The van der Waals surface area contributed by atoms with Crippen LogP contribution < -0.4 is 11.5 Å². The van der Waals surface area contributed by atoms with Crippen molar-refractivity contribution in [3.05, 3.63) is 24.4 Å². The van der Waals surface area contributed by atoms with Crippen molar-refractivity contribution in [2.75, 3.05) is 25.5 Å². The molecule has 3 aromatic heterocycles. The highest BCUT2D eigenvalue weighted by molar-refractivity contribution is 7.47. The van der Waals surface area contributed by atoms with Crippen LogP contribution in [0.3, 0.4) is 0 Å². The topological polar surface area (TPSA) is 299 Å². The highest BCUT2D eigenvalue weighted by Gasteiger charge is 2.74. The van der Waals surface area contributed by atoms with Gasteiger partial charge in [0, 0.05) is 11.0 Å². The Balaban J connectivity index is 1.13. The SMILES string of the molecule is Nc1ncnc2c1ncn2[C@H]1[C@H](O)[C@@H]2OP(=O)(O)OC[C@H]3O[C@@H](n4ncc5c4N=NCC5N)[C@H](OP(=O)(O)OC[C@]24C[C@H]14)[C@@H]3O. The minimum atomic E-state index is -4.98. The molecule has 2 saturated carbocycles. The summed E-state index contributed by atoms with van der Waals surface area (Å²) in [6.45, 7) is -1.03. The molecule has 3 aromatic rings. The number of nitrogens with zero attached hydrogens (tertiary/aromatic N) is 8. The van der Waals surface area contributed by atoms with Gasteiger partial charge in [0.05, 0.1) is 44.4 Å². The van der Waals surface area contributed by atoms with E-state index in [-0.39, 0.29) is 30.1 Å². The van der Waals surface area contributed by atoms with Gasteiger partial charge in [0.15, 0.2) is 23.5 Å². The number of nitrogens with two attached hydrogens (primary N) is 2. The average Bonchev–Trinajstić information content (AvgIpc) is 3.28. The first-order valence-electron chi connectivity index (χ1n) is 13.9. The molecule has 1 spiro atoms. The molecule has 242 valence electrons. The Kier molecular flexibility index (Phi) is 6.65. The second-order valence-corrected chi connectivity index (χ2v) is 14.5. The molecule has 0 radical (unpaired) electrons. The Hall–Kier alpha value is -2.78. The molecule has 5 aliphatic rings. The third-order valence-electron chi connectivity index (χ3n) is 9.12. The number of hydrogen-bond acceptors (Lipinski definition) is 17. The fourth-order valence-electron chi connectivity index (χ4n) is 6.87. The fourth-order valence-corrected chi connectivity index (χ4v) is 8.88. The summed E-state index contributed by atoms with van der Waals surface area (Å²) >= 11 is 0. The lowest BCUT2D eigenvalue weighted by molar-refractivity contribution is -0.0710. The number of ether oxygens (including phenoxy) is 1. The van der Waals surface area contributed by atoms with Crippen molar-refractivity contribution in [3.63, 3.8) is 0 Å². The number of anilines is 1. The van der Waals surface area contributed by atoms with Gasteiger partial charge in [0.2, 0.25) is 0 Å². The molecule has 45 heavy (non-hydrogen) atoms. The van der Waals surface area contributed by atoms with Crippen molar-refractivity contribution in [1.29, 1.82) is 0 Å². The standard InChI is InChI=1S/C22H28N10O11P2/c23-10-3-28-30-19-8(10)2-29-32(19)21-16-14(33)11(41-21)4-39-44(35,36)43-17-15(34)13(9-1-22(9,17)5-40-45(37,38)42-16)31-7-27-12-18(24)25-6-26-20(12)31/h2,6-7,9-11,13-17,21,33-34H,1,3-5,23H2,(H,35,36)(H,37,38)(H2,24,25,26)/t9-,10?,11-,13-,14-,15+,16-,17+,21-,22+/m1/s1. The number of azo groups is 1. The van der Waals surface area contributed by atoms with Gasteiger partial charge in [-0.3, -0.25) is 18.1 Å². The molecule has 3 unspecified atom stereocenters. The maximum absolute atomic E-state index is 13.4. The van der Waals surface area contributed by atoms with Crippen LogP contribution in [0.5, 0.6) is 0 Å². The third kappa shape index (κ3) is 4.61. The smallest absolute Gasteiger partial charge is 0.388 e. The molecular formula is C22H28N10O11P2. The summed E-state index contributed by atoms with van der Waals surface area (Å²) in [6.07, 6.45) is -4.51. The van der Waals surface area contributed by atoms with Gasteiger partial charge < -0.3 is 40.8 Å². The van der Waals surface area contributed by atoms with Gasteiger partial charge in [-0.25, -0.2) is 28.8 Å². The third-order valence-corrected chi connectivity index (χ3v) is 11.1. The molecule has 6 heterocycles. The van der Waals surface area contributed by atoms with Crippen LogP contribution in [-0.2, 0) is 32.0 Å². The molecule has 3 aliphatic heterocycles. The van der Waals surface area contributed by atoms with E-state index in [0.29, 0.717) is 11.2 Å². The van der Waals surface area contributed by atoms with E-state index < -0.39 is 89.0 Å². The van der Waals surface area contributed by atoms with Gasteiger partial charge in [0.1, 0.15) is 42.4 Å². The first-order valence-corrected chi connectivity index (χ1v) is 16.8. The van der Waals surface area contributed by atoms with Gasteiger partial charge in [-0.2, -0.15) is 10.2 Å². The Bertz CT molecular complexity index is 1810. The molecular weight excluding hydrogens is 642 g/mol. The molecule has 21 nitrogen and oxygen atoms in total. The van der Waals surface area contributed by atoms with Crippen molar-refractivity contribution in [1.82, 2.24) is 29.3 Å². The highest BCUT2D eigenvalue weighted by Crippen LogP contribution is 2.72. The summed E-state index contributed by atoms with van der Waals surface area (Å²) < 4.78 is 57.0. The molecule has 8 N–H and O–H groups in total. The zero-order valence-corrected chi connectivity index (χ0v) is 24.8. The van der Waals surface area contributed by atoms with E-state index in [1.807, 2.05) is 0 Å². The Morgan fingerprint density at radius 3 is 2.69 bits per heavy atom. The Morgan fingerprint density at radius 2 is 1.87 bits per heavy atom. The van der Waals surface area contributed by atoms with Crippen LogP contribution in [0.1, 0.15) is 30.3 Å². The summed E-state index contributed by atoms with van der Waals surface area (Å²) in [6, 6.07) is -1.32. The van der Waals surface area contributed by atoms with Gasteiger partial charge >= 0.3 is 15.6 Å². The second kappa shape index (κ2) is 10.1. The first kappa shape index (κ1) is 29.6. The summed E-state index contributed by atoms with van der Waals surface area (Å²) in [5.74, 6) is -0.191. The first-order chi connectivity index (χ1) is 21.4. The molecule has 23 heteroatoms. The maximum Gasteiger partial charge on any atom is 0.472 e. The van der Waals surface area contributed by atoms with E-state index in [1.54, 1.807) is 4.57 Å². The molecule has 2 aliphatic carbocycles. The number of phosphoric acid groups is 2. The van der Waals surface area contributed by atoms with E-state index in [9.17, 15) is 29.1 Å². The lowest BCUT2D eigenvalue weighted by atomic mass is 10.0. The lowest BCUT2D eigenvalue weighted by Crippen LogP contribution is -2.38. The number of nitrogen functional groups attached to an aromatic ring is 1. The molecule has 0 amide bonds. The molecule has 4 fully saturated rings. The van der Waals surface area contributed by atoms with Crippen molar-refractivity contribution in [2.24, 2.45) is 27.3 Å². The van der Waals surface area contributed by atoms with Crippen LogP contribution in [0.2, 0.25) is 0 Å². The van der Waals surface area contributed by atoms with Crippen LogP contribution in [0, 0.1) is 11.3 Å². The monoisotopic (exact) mass is 670 g/mol. The molecule has 8 rings (SSSR count). The zero-order chi connectivity index (χ0) is 31.5. The van der Waals surface area contributed by atoms with E-state index >= 15 is 0 Å². The summed E-state index contributed by atoms with van der Waals surface area (Å²) in [5, 5.41) is 34.8. The number of hydrogen-bond donors (Lipinski definition) is 6. The Morgan fingerprint density at radius 1 is 1.07 bits per heavy atom. The molecule has 0 aromatic carbocycles. The van der Waals surface area contributed by atoms with Crippen LogP contribution >= 0.6 is 15.6 Å². The van der Waals surface area contributed by atoms with E-state index in [1.165, 1.54) is 23.5 Å². The van der Waals surface area contributed by atoms with Crippen LogP contribution in [-0.4, -0.2) is 99.6 Å². The number of rotatable bonds is 2. The lowest BCUT2D eigenvalue weighted by Gasteiger charge is -2.30. The van der Waals surface area contributed by atoms with Gasteiger partial charge in [-0.05, 0) is 12.3 Å². The quantitative estimate of drug-likeness (QED) is 0.189.